The van der Waals surface area contributed by atoms with Gasteiger partial charge in [-0.3, -0.25) is 14.2 Å². The molecule has 1 fully saturated rings. The summed E-state index contributed by atoms with van der Waals surface area (Å²) < 4.78 is 24.2. The molecule has 0 amide bonds. The molecule has 1 aliphatic rings. The van der Waals surface area contributed by atoms with Crippen molar-refractivity contribution in [2.45, 2.75) is 0 Å². The largest absolute Gasteiger partial charge is 0.755 e. The first-order chi connectivity index (χ1) is 17.5. The minimum Gasteiger partial charge on any atom is -0.755 e. The highest BCUT2D eigenvalue weighted by atomic mass is 32.2. The Kier molecular flexibility index (Phi) is 6.85. The third-order valence-corrected chi connectivity index (χ3v) is 6.46. The summed E-state index contributed by atoms with van der Waals surface area (Å²) in [6.07, 6.45) is 4.98. The minimum absolute atomic E-state index is 0.240. The summed E-state index contributed by atoms with van der Waals surface area (Å²) in [7, 11) is 2.15. The third kappa shape index (κ3) is 5.33. The molecule has 0 saturated carbocycles. The number of pyridine rings is 2. The molecule has 4 aromatic rings. The van der Waals surface area contributed by atoms with E-state index in [0.717, 1.165) is 37.3 Å². The Bertz CT molecular complexity index is 1420. The van der Waals surface area contributed by atoms with E-state index in [0.29, 0.717) is 28.4 Å². The maximum Gasteiger partial charge on any atom is 0.227 e. The molecule has 4 heterocycles. The average Bonchev–Trinajstić information content (AvgIpc) is 2.89. The van der Waals surface area contributed by atoms with E-state index in [9.17, 15) is 8.76 Å². The molecule has 1 aliphatic heterocycles. The van der Waals surface area contributed by atoms with Gasteiger partial charge in [0.1, 0.15) is 11.2 Å². The summed E-state index contributed by atoms with van der Waals surface area (Å²) in [6.45, 7) is 7.91. The molecule has 11 heteroatoms. The number of anilines is 3. The molecular weight excluding hydrogens is 476 g/mol. The summed E-state index contributed by atoms with van der Waals surface area (Å²) in [5.74, 6) is 0.438. The van der Waals surface area contributed by atoms with E-state index in [1.54, 1.807) is 30.7 Å². The molecule has 2 N–H and O–H groups in total. The van der Waals surface area contributed by atoms with Crippen molar-refractivity contribution < 1.29 is 8.76 Å². The van der Waals surface area contributed by atoms with E-state index >= 15 is 0 Å². The zero-order valence-electron chi connectivity index (χ0n) is 19.7. The number of hydrogen-bond acceptors (Lipinski definition) is 9. The van der Waals surface area contributed by atoms with E-state index in [1.165, 1.54) is 5.69 Å². The Morgan fingerprint density at radius 3 is 2.53 bits per heavy atom. The van der Waals surface area contributed by atoms with Crippen LogP contribution in [0.4, 0.5) is 17.3 Å². The van der Waals surface area contributed by atoms with Gasteiger partial charge in [-0.2, -0.15) is 0 Å². The van der Waals surface area contributed by atoms with Gasteiger partial charge in [-0.25, -0.2) is 9.97 Å². The maximum atomic E-state index is 11.0. The molecule has 10 nitrogen and oxygen atoms in total. The Morgan fingerprint density at radius 2 is 1.78 bits per heavy atom. The maximum absolute atomic E-state index is 11.0. The van der Waals surface area contributed by atoms with Gasteiger partial charge in [0.05, 0.1) is 5.69 Å². The van der Waals surface area contributed by atoms with Crippen molar-refractivity contribution >= 4 is 45.2 Å². The normalized spacial score (nSPS) is 15.0. The molecule has 0 bridgehead atoms. The topological polar surface area (TPSA) is 122 Å². The van der Waals surface area contributed by atoms with Gasteiger partial charge in [0.25, 0.3) is 0 Å². The first kappa shape index (κ1) is 23.8. The van der Waals surface area contributed by atoms with Crippen molar-refractivity contribution in [3.05, 3.63) is 73.2 Å². The van der Waals surface area contributed by atoms with Crippen molar-refractivity contribution in [3.63, 3.8) is 0 Å². The van der Waals surface area contributed by atoms with Gasteiger partial charge in [0.15, 0.2) is 0 Å². The molecule has 0 radical (unpaired) electrons. The number of hydrogen-bond donors (Lipinski definition) is 2. The van der Waals surface area contributed by atoms with Crippen LogP contribution in [0.2, 0.25) is 0 Å². The summed E-state index contributed by atoms with van der Waals surface area (Å²) in [5, 5.41) is 4.08. The SMILES string of the molecule is C=C(NS(=O)[O-])c1ccnc(-c2nccc3cnc(Nc4ccc(N5CCN(C)CC5)cc4)nc23)c1. The second-order valence-electron chi connectivity index (χ2n) is 8.50. The Hall–Kier alpha value is -3.93. The summed E-state index contributed by atoms with van der Waals surface area (Å²) in [4.78, 5) is 22.8. The number of piperazine rings is 1. The quantitative estimate of drug-likeness (QED) is 0.368. The predicted molar refractivity (Wildman–Crippen MR) is 141 cm³/mol. The highest BCUT2D eigenvalue weighted by molar-refractivity contribution is 7.77. The molecule has 1 atom stereocenters. The number of likely N-dealkylation sites (N-methyl/N-ethyl adjacent to an activating group) is 1. The lowest BCUT2D eigenvalue weighted by atomic mass is 10.1. The smallest absolute Gasteiger partial charge is 0.227 e. The Morgan fingerprint density at radius 1 is 1.03 bits per heavy atom. The number of nitrogens with zero attached hydrogens (tertiary/aromatic N) is 6. The number of aromatic nitrogens is 4. The predicted octanol–water partition coefficient (Wildman–Crippen LogP) is 2.94. The molecule has 1 unspecified atom stereocenters. The van der Waals surface area contributed by atoms with E-state index in [-0.39, 0.29) is 5.70 Å². The van der Waals surface area contributed by atoms with Crippen LogP contribution in [-0.4, -0.2) is 66.8 Å². The number of benzene rings is 1. The fourth-order valence-electron chi connectivity index (χ4n) is 4.06. The second-order valence-corrected chi connectivity index (χ2v) is 9.17. The molecule has 0 spiro atoms. The van der Waals surface area contributed by atoms with Crippen molar-refractivity contribution in [2.24, 2.45) is 0 Å². The Balaban J connectivity index is 1.40. The van der Waals surface area contributed by atoms with Crippen molar-refractivity contribution in [3.8, 4) is 11.4 Å². The lowest BCUT2D eigenvalue weighted by Gasteiger charge is -2.34. The zero-order chi connectivity index (χ0) is 25.1. The van der Waals surface area contributed by atoms with E-state index < -0.39 is 11.3 Å². The molecule has 1 aromatic carbocycles. The minimum atomic E-state index is -2.47. The molecule has 184 valence electrons. The van der Waals surface area contributed by atoms with Crippen LogP contribution in [0, 0.1) is 0 Å². The van der Waals surface area contributed by atoms with Crippen LogP contribution in [-0.2, 0) is 11.3 Å². The second kappa shape index (κ2) is 10.4. The lowest BCUT2D eigenvalue weighted by Crippen LogP contribution is -2.44. The van der Waals surface area contributed by atoms with Crippen LogP contribution >= 0.6 is 0 Å². The van der Waals surface area contributed by atoms with E-state index in [1.807, 2.05) is 18.2 Å². The van der Waals surface area contributed by atoms with Crippen LogP contribution in [0.3, 0.4) is 0 Å². The van der Waals surface area contributed by atoms with E-state index in [2.05, 4.69) is 60.5 Å². The van der Waals surface area contributed by atoms with Gasteiger partial charge in [-0.15, -0.1) is 0 Å². The number of rotatable bonds is 7. The van der Waals surface area contributed by atoms with Crippen LogP contribution in [0.15, 0.2) is 67.6 Å². The van der Waals surface area contributed by atoms with Gasteiger partial charge in [0.2, 0.25) is 5.95 Å². The third-order valence-electron chi connectivity index (χ3n) is 6.05. The fourth-order valence-corrected chi connectivity index (χ4v) is 4.38. The van der Waals surface area contributed by atoms with Gasteiger partial charge in [0, 0.05) is 84.1 Å². The van der Waals surface area contributed by atoms with Crippen molar-refractivity contribution in [2.75, 3.05) is 43.4 Å². The summed E-state index contributed by atoms with van der Waals surface area (Å²) in [5.41, 5.74) is 4.62. The Labute approximate surface area is 211 Å². The van der Waals surface area contributed by atoms with E-state index in [4.69, 9.17) is 4.98 Å². The monoisotopic (exact) mass is 501 g/mol. The van der Waals surface area contributed by atoms with Crippen LogP contribution in [0.25, 0.3) is 28.0 Å². The zero-order valence-corrected chi connectivity index (χ0v) is 20.5. The summed E-state index contributed by atoms with van der Waals surface area (Å²) in [6, 6.07) is 13.5. The molecule has 36 heavy (non-hydrogen) atoms. The van der Waals surface area contributed by atoms with Crippen LogP contribution < -0.4 is 14.9 Å². The molecule has 3 aromatic heterocycles. The highest BCUT2D eigenvalue weighted by Gasteiger charge is 2.15. The van der Waals surface area contributed by atoms with Gasteiger partial charge in [-0.1, -0.05) is 6.58 Å². The molecular formula is C25H25N8O2S-. The van der Waals surface area contributed by atoms with Gasteiger partial charge < -0.3 is 24.4 Å². The summed E-state index contributed by atoms with van der Waals surface area (Å²) >= 11 is -2.47. The fraction of sp³-hybridized carbons (Fsp3) is 0.200. The first-order valence-electron chi connectivity index (χ1n) is 11.4. The first-order valence-corrected chi connectivity index (χ1v) is 12.5. The van der Waals surface area contributed by atoms with Crippen molar-refractivity contribution in [1.29, 1.82) is 0 Å². The highest BCUT2D eigenvalue weighted by Crippen LogP contribution is 2.27. The molecule has 1 saturated heterocycles. The molecule has 0 aliphatic carbocycles. The average molecular weight is 502 g/mol. The van der Waals surface area contributed by atoms with Crippen LogP contribution in [0.5, 0.6) is 0 Å². The number of fused-ring (bicyclic) bond motifs is 1. The lowest BCUT2D eigenvalue weighted by molar-refractivity contribution is 0.313. The van der Waals surface area contributed by atoms with Crippen molar-refractivity contribution in [1.82, 2.24) is 29.6 Å². The molecule has 5 rings (SSSR count). The standard InChI is InChI=1S/C25H26N8O2S/c1-17(31-36(34)35)18-7-9-26-22(15-18)24-23-19(8-10-27-24)16-28-25(30-23)29-20-3-5-21(6-4-20)33-13-11-32(2)12-14-33/h3-10,15-16,31H,1,11-14H2,2H3,(H,34,35)(H,28,29,30)/p-1. The van der Waals surface area contributed by atoms with Gasteiger partial charge >= 0.3 is 0 Å². The van der Waals surface area contributed by atoms with Gasteiger partial charge in [-0.05, 0) is 49.5 Å². The number of nitrogens with one attached hydrogen (secondary N) is 2. The van der Waals surface area contributed by atoms with Crippen LogP contribution in [0.1, 0.15) is 5.56 Å².